The highest BCUT2D eigenvalue weighted by atomic mass is 32.1. The zero-order chi connectivity index (χ0) is 12.3. The lowest BCUT2D eigenvalue weighted by Gasteiger charge is -2.00. The van der Waals surface area contributed by atoms with Gasteiger partial charge in [0.15, 0.2) is 0 Å². The third-order valence-electron chi connectivity index (χ3n) is 2.28. The van der Waals surface area contributed by atoms with Gasteiger partial charge in [-0.05, 0) is 29.7 Å². The van der Waals surface area contributed by atoms with Gasteiger partial charge in [0, 0.05) is 23.4 Å². The molecule has 0 spiro atoms. The fraction of sp³-hybridized carbons (Fsp3) is 0.250. The molecule has 3 N–H and O–H groups in total. The van der Waals surface area contributed by atoms with Crippen molar-refractivity contribution in [3.63, 3.8) is 0 Å². The molecule has 0 radical (unpaired) electrons. The first kappa shape index (κ1) is 11.9. The summed E-state index contributed by atoms with van der Waals surface area (Å²) in [5.41, 5.74) is 6.34. The van der Waals surface area contributed by atoms with Gasteiger partial charge in [0.25, 0.3) is 0 Å². The van der Waals surface area contributed by atoms with Gasteiger partial charge in [0.1, 0.15) is 4.88 Å². The van der Waals surface area contributed by atoms with Gasteiger partial charge in [0.2, 0.25) is 0 Å². The van der Waals surface area contributed by atoms with Crippen molar-refractivity contribution in [3.05, 3.63) is 29.1 Å². The highest BCUT2D eigenvalue weighted by molar-refractivity contribution is 7.20. The predicted molar refractivity (Wildman–Crippen MR) is 68.2 cm³/mol. The molecule has 17 heavy (non-hydrogen) atoms. The van der Waals surface area contributed by atoms with Crippen LogP contribution in [0.5, 0.6) is 0 Å². The molecule has 2 aromatic rings. The molecule has 0 aliphatic carbocycles. The molecule has 2 rings (SSSR count). The van der Waals surface area contributed by atoms with Crippen LogP contribution in [0.4, 0.5) is 5.69 Å². The van der Waals surface area contributed by atoms with Gasteiger partial charge >= 0.3 is 5.97 Å². The first-order chi connectivity index (χ1) is 8.20. The monoisotopic (exact) mass is 251 g/mol. The second kappa shape index (κ2) is 5.16. The molecule has 5 heteroatoms. The van der Waals surface area contributed by atoms with E-state index in [4.69, 9.17) is 15.6 Å². The first-order valence-electron chi connectivity index (χ1n) is 5.28. The molecule has 0 aliphatic rings. The van der Waals surface area contributed by atoms with Crippen LogP contribution in [0, 0.1) is 0 Å². The highest BCUT2D eigenvalue weighted by Crippen LogP contribution is 2.27. The Labute approximate surface area is 103 Å². The molecule has 0 bridgehead atoms. The summed E-state index contributed by atoms with van der Waals surface area (Å²) >= 11 is 1.38. The molecule has 1 aromatic heterocycles. The number of benzene rings is 1. The Hall–Kier alpha value is -1.59. The Kier molecular flexibility index (Phi) is 3.61. The fourth-order valence-corrected chi connectivity index (χ4v) is 2.40. The number of rotatable bonds is 4. The van der Waals surface area contributed by atoms with E-state index in [1.54, 1.807) is 12.1 Å². The van der Waals surface area contributed by atoms with Gasteiger partial charge in [-0.15, -0.1) is 11.3 Å². The summed E-state index contributed by atoms with van der Waals surface area (Å²) in [6.07, 6.45) is 0.462. The third-order valence-corrected chi connectivity index (χ3v) is 3.37. The Bertz CT molecular complexity index is 536. The van der Waals surface area contributed by atoms with E-state index in [0.29, 0.717) is 17.0 Å². The van der Waals surface area contributed by atoms with Gasteiger partial charge in [0.05, 0.1) is 6.61 Å². The molecule has 1 heterocycles. The maximum atomic E-state index is 11.6. The molecule has 0 saturated heterocycles. The van der Waals surface area contributed by atoms with Crippen molar-refractivity contribution in [2.24, 2.45) is 0 Å². The van der Waals surface area contributed by atoms with Crippen molar-refractivity contribution in [1.82, 2.24) is 0 Å². The second-order valence-corrected chi connectivity index (χ2v) is 4.70. The van der Waals surface area contributed by atoms with Crippen molar-refractivity contribution >= 4 is 33.1 Å². The summed E-state index contributed by atoms with van der Waals surface area (Å²) in [4.78, 5) is 12.2. The Morgan fingerprint density at radius 3 is 3.00 bits per heavy atom. The van der Waals surface area contributed by atoms with Crippen LogP contribution < -0.4 is 5.73 Å². The zero-order valence-electron chi connectivity index (χ0n) is 9.18. The largest absolute Gasteiger partial charge is 0.461 e. The Balaban J connectivity index is 2.15. The number of fused-ring (bicyclic) bond motifs is 1. The van der Waals surface area contributed by atoms with Gasteiger partial charge in [-0.1, -0.05) is 0 Å². The molecule has 1 aromatic carbocycles. The van der Waals surface area contributed by atoms with E-state index in [9.17, 15) is 4.79 Å². The lowest BCUT2D eigenvalue weighted by Crippen LogP contribution is -2.05. The minimum atomic E-state index is -0.349. The first-order valence-corrected chi connectivity index (χ1v) is 6.09. The summed E-state index contributed by atoms with van der Waals surface area (Å²) in [6.45, 7) is 0.266. The van der Waals surface area contributed by atoms with Crippen molar-refractivity contribution in [2.45, 2.75) is 6.42 Å². The van der Waals surface area contributed by atoms with Gasteiger partial charge in [-0.2, -0.15) is 0 Å². The normalized spacial score (nSPS) is 10.6. The van der Waals surface area contributed by atoms with E-state index in [1.165, 1.54) is 11.3 Å². The van der Waals surface area contributed by atoms with Crippen LogP contribution in [0.15, 0.2) is 24.3 Å². The maximum absolute atomic E-state index is 11.6. The minimum absolute atomic E-state index is 0.0240. The molecule has 0 fully saturated rings. The molecule has 0 unspecified atom stereocenters. The van der Waals surface area contributed by atoms with Crippen LogP contribution in [-0.4, -0.2) is 24.3 Å². The van der Waals surface area contributed by atoms with Crippen LogP contribution in [-0.2, 0) is 4.74 Å². The number of aliphatic hydroxyl groups excluding tert-OH is 1. The van der Waals surface area contributed by atoms with Crippen LogP contribution >= 0.6 is 11.3 Å². The van der Waals surface area contributed by atoms with Crippen molar-refractivity contribution in [1.29, 1.82) is 0 Å². The number of nitrogens with two attached hydrogens (primary N) is 1. The van der Waals surface area contributed by atoms with E-state index < -0.39 is 0 Å². The molecule has 4 nitrogen and oxygen atoms in total. The molecular formula is C12H13NO3S. The average molecular weight is 251 g/mol. The summed E-state index contributed by atoms with van der Waals surface area (Å²) in [5.74, 6) is -0.349. The number of nitrogen functional groups attached to an aromatic ring is 1. The van der Waals surface area contributed by atoms with E-state index in [0.717, 1.165) is 10.1 Å². The summed E-state index contributed by atoms with van der Waals surface area (Å²) in [7, 11) is 0. The van der Waals surface area contributed by atoms with E-state index in [1.807, 2.05) is 12.1 Å². The summed E-state index contributed by atoms with van der Waals surface area (Å²) in [5, 5.41) is 9.54. The number of anilines is 1. The molecule has 0 saturated carbocycles. The number of ether oxygens (including phenoxy) is 1. The van der Waals surface area contributed by atoms with Crippen LogP contribution in [0.3, 0.4) is 0 Å². The third kappa shape index (κ3) is 2.75. The predicted octanol–water partition coefficient (Wildman–Crippen LogP) is 2.02. The smallest absolute Gasteiger partial charge is 0.348 e. The van der Waals surface area contributed by atoms with Gasteiger partial charge in [-0.3, -0.25) is 0 Å². The van der Waals surface area contributed by atoms with Crippen LogP contribution in [0.1, 0.15) is 16.1 Å². The molecule has 0 atom stereocenters. The number of hydrogen-bond acceptors (Lipinski definition) is 5. The summed E-state index contributed by atoms with van der Waals surface area (Å²) < 4.78 is 6.02. The number of carbonyl (C=O) groups is 1. The fourth-order valence-electron chi connectivity index (χ4n) is 1.46. The van der Waals surface area contributed by atoms with Crippen LogP contribution in [0.25, 0.3) is 10.1 Å². The lowest BCUT2D eigenvalue weighted by molar-refractivity contribution is 0.0488. The number of esters is 1. The van der Waals surface area contributed by atoms with Crippen molar-refractivity contribution < 1.29 is 14.6 Å². The van der Waals surface area contributed by atoms with E-state index in [-0.39, 0.29) is 19.2 Å². The molecule has 0 aliphatic heterocycles. The molecule has 0 amide bonds. The minimum Gasteiger partial charge on any atom is -0.461 e. The van der Waals surface area contributed by atoms with Crippen LogP contribution in [0.2, 0.25) is 0 Å². The highest BCUT2D eigenvalue weighted by Gasteiger charge is 2.11. The SMILES string of the molecule is Nc1ccc2sc(C(=O)OCCCO)cc2c1. The number of aliphatic hydroxyl groups is 1. The Morgan fingerprint density at radius 1 is 1.41 bits per heavy atom. The number of hydrogen-bond donors (Lipinski definition) is 2. The van der Waals surface area contributed by atoms with Crippen molar-refractivity contribution in [2.75, 3.05) is 18.9 Å². The number of carbonyl (C=O) groups excluding carboxylic acids is 1. The van der Waals surface area contributed by atoms with E-state index >= 15 is 0 Å². The molecule has 90 valence electrons. The number of thiophene rings is 1. The molecular weight excluding hydrogens is 238 g/mol. The van der Waals surface area contributed by atoms with Crippen molar-refractivity contribution in [3.8, 4) is 0 Å². The maximum Gasteiger partial charge on any atom is 0.348 e. The Morgan fingerprint density at radius 2 is 2.24 bits per heavy atom. The standard InChI is InChI=1S/C12H13NO3S/c13-9-2-3-10-8(6-9)7-11(17-10)12(15)16-5-1-4-14/h2-3,6-7,14H,1,4-5,13H2. The van der Waals surface area contributed by atoms with Gasteiger partial charge < -0.3 is 15.6 Å². The second-order valence-electron chi connectivity index (χ2n) is 3.62. The van der Waals surface area contributed by atoms with Gasteiger partial charge in [-0.25, -0.2) is 4.79 Å². The van der Waals surface area contributed by atoms with E-state index in [2.05, 4.69) is 0 Å². The average Bonchev–Trinajstić information content (AvgIpc) is 2.72. The summed E-state index contributed by atoms with van der Waals surface area (Å²) in [6, 6.07) is 7.30. The topological polar surface area (TPSA) is 72.6 Å². The quantitative estimate of drug-likeness (QED) is 0.495. The zero-order valence-corrected chi connectivity index (χ0v) is 10.00. The lowest BCUT2D eigenvalue weighted by atomic mass is 10.2.